The van der Waals surface area contributed by atoms with Crippen LogP contribution in [-0.2, 0) is 4.84 Å². The van der Waals surface area contributed by atoms with Crippen LogP contribution in [0.15, 0.2) is 34.8 Å². The molecule has 0 aromatic heterocycles. The number of rotatable bonds is 6. The molecule has 0 unspecified atom stereocenters. The molecule has 2 aromatic carbocycles. The van der Waals surface area contributed by atoms with Gasteiger partial charge >= 0.3 is 0 Å². The van der Waals surface area contributed by atoms with Gasteiger partial charge in [0.05, 0.1) is 23.4 Å². The van der Waals surface area contributed by atoms with Crippen LogP contribution < -0.4 is 5.06 Å². The third-order valence-electron chi connectivity index (χ3n) is 4.40. The van der Waals surface area contributed by atoms with E-state index in [0.717, 1.165) is 22.0 Å². The number of aliphatic hydroxyl groups is 1. The SMILES string of the molecule is Cc1cc(I)ccc1N(OCC1(CO)CC1)c1ccc(Br)c(F)c1F. The Labute approximate surface area is 167 Å². The summed E-state index contributed by atoms with van der Waals surface area (Å²) >= 11 is 5.19. The summed E-state index contributed by atoms with van der Waals surface area (Å²) in [5, 5.41) is 10.8. The summed E-state index contributed by atoms with van der Waals surface area (Å²) in [6.45, 7) is 2.15. The quantitative estimate of drug-likeness (QED) is 0.309. The maximum absolute atomic E-state index is 14.5. The number of aliphatic hydroxyl groups excluding tert-OH is 1. The minimum absolute atomic E-state index is 0.00116. The van der Waals surface area contributed by atoms with Crippen molar-refractivity contribution in [3.8, 4) is 0 Å². The minimum Gasteiger partial charge on any atom is -0.396 e. The fraction of sp³-hybridized carbons (Fsp3) is 0.333. The molecule has 0 atom stereocenters. The van der Waals surface area contributed by atoms with Crippen molar-refractivity contribution < 1.29 is 18.7 Å². The number of hydrogen-bond acceptors (Lipinski definition) is 3. The van der Waals surface area contributed by atoms with Crippen molar-refractivity contribution in [2.75, 3.05) is 18.3 Å². The molecule has 25 heavy (non-hydrogen) atoms. The Morgan fingerprint density at radius 2 is 1.88 bits per heavy atom. The lowest BCUT2D eigenvalue weighted by Crippen LogP contribution is -2.26. The Kier molecular flexibility index (Phi) is 5.67. The molecule has 0 spiro atoms. The van der Waals surface area contributed by atoms with Crippen LogP contribution in [0, 0.1) is 27.5 Å². The highest BCUT2D eigenvalue weighted by molar-refractivity contribution is 14.1. The Balaban J connectivity index is 2.01. The molecule has 0 heterocycles. The van der Waals surface area contributed by atoms with Crippen molar-refractivity contribution in [2.45, 2.75) is 19.8 Å². The molecule has 0 amide bonds. The lowest BCUT2D eigenvalue weighted by Gasteiger charge is -2.28. The first kappa shape index (κ1) is 19.0. The maximum Gasteiger partial charge on any atom is 0.186 e. The zero-order valence-electron chi connectivity index (χ0n) is 13.5. The van der Waals surface area contributed by atoms with E-state index < -0.39 is 11.6 Å². The van der Waals surface area contributed by atoms with Crippen LogP contribution in [0.5, 0.6) is 0 Å². The van der Waals surface area contributed by atoms with Gasteiger partial charge in [0.15, 0.2) is 11.6 Å². The molecule has 3 rings (SSSR count). The van der Waals surface area contributed by atoms with E-state index in [4.69, 9.17) is 4.84 Å². The average molecular weight is 524 g/mol. The van der Waals surface area contributed by atoms with E-state index in [1.165, 1.54) is 17.2 Å². The van der Waals surface area contributed by atoms with Gasteiger partial charge in [-0.05, 0) is 94.2 Å². The van der Waals surface area contributed by atoms with E-state index in [1.54, 1.807) is 0 Å². The maximum atomic E-state index is 14.5. The van der Waals surface area contributed by atoms with Crippen molar-refractivity contribution in [3.63, 3.8) is 0 Å². The van der Waals surface area contributed by atoms with Crippen molar-refractivity contribution in [1.29, 1.82) is 0 Å². The lowest BCUT2D eigenvalue weighted by molar-refractivity contribution is 0.0603. The summed E-state index contributed by atoms with van der Waals surface area (Å²) in [5.41, 5.74) is 1.23. The van der Waals surface area contributed by atoms with Gasteiger partial charge in [0.25, 0.3) is 0 Å². The van der Waals surface area contributed by atoms with Crippen LogP contribution in [0.2, 0.25) is 0 Å². The molecule has 7 heteroatoms. The van der Waals surface area contributed by atoms with E-state index in [2.05, 4.69) is 38.5 Å². The highest BCUT2D eigenvalue weighted by Gasteiger charge is 2.43. The molecular weight excluding hydrogens is 507 g/mol. The Bertz CT molecular complexity index is 799. The Hall–Kier alpha value is -0.770. The molecule has 0 saturated heterocycles. The summed E-state index contributed by atoms with van der Waals surface area (Å²) in [5.74, 6) is -1.95. The standard InChI is InChI=1S/C18H17BrF2INO2/c1-11-8-12(22)2-4-14(11)23(25-10-18(9-24)6-7-18)15-5-3-13(19)16(20)17(15)21/h2-5,8,24H,6-7,9-10H2,1H3. The smallest absolute Gasteiger partial charge is 0.186 e. The molecule has 1 fully saturated rings. The second kappa shape index (κ2) is 7.46. The lowest BCUT2D eigenvalue weighted by atomic mass is 10.1. The van der Waals surface area contributed by atoms with Gasteiger partial charge in [-0.15, -0.1) is 0 Å². The molecule has 0 bridgehead atoms. The molecule has 1 N–H and O–H groups in total. The molecule has 3 nitrogen and oxygen atoms in total. The summed E-state index contributed by atoms with van der Waals surface area (Å²) in [6.07, 6.45) is 1.72. The van der Waals surface area contributed by atoms with Crippen LogP contribution >= 0.6 is 38.5 Å². The van der Waals surface area contributed by atoms with Crippen molar-refractivity contribution in [1.82, 2.24) is 0 Å². The van der Waals surface area contributed by atoms with Gasteiger partial charge in [-0.25, -0.2) is 13.8 Å². The molecule has 0 aliphatic heterocycles. The van der Waals surface area contributed by atoms with E-state index in [0.29, 0.717) is 5.69 Å². The first-order chi connectivity index (χ1) is 11.9. The predicted molar refractivity (Wildman–Crippen MR) is 105 cm³/mol. The fourth-order valence-corrected chi connectivity index (χ4v) is 3.47. The summed E-state index contributed by atoms with van der Waals surface area (Å²) < 4.78 is 29.7. The van der Waals surface area contributed by atoms with Gasteiger partial charge in [0.1, 0.15) is 5.69 Å². The molecular formula is C18H17BrF2INO2. The summed E-state index contributed by atoms with van der Waals surface area (Å²) in [6, 6.07) is 8.56. The molecule has 1 aliphatic carbocycles. The molecule has 1 saturated carbocycles. The average Bonchev–Trinajstić information content (AvgIpc) is 3.36. The third kappa shape index (κ3) is 3.99. The zero-order valence-corrected chi connectivity index (χ0v) is 17.3. The first-order valence-corrected chi connectivity index (χ1v) is 9.68. The Morgan fingerprint density at radius 3 is 2.48 bits per heavy atom. The number of aryl methyl sites for hydroxylation is 1. The van der Waals surface area contributed by atoms with Gasteiger partial charge in [-0.3, -0.25) is 4.84 Å². The van der Waals surface area contributed by atoms with Gasteiger partial charge in [-0.2, -0.15) is 0 Å². The van der Waals surface area contributed by atoms with E-state index in [-0.39, 0.29) is 28.8 Å². The number of hydrogen-bond donors (Lipinski definition) is 1. The molecule has 134 valence electrons. The highest BCUT2D eigenvalue weighted by Crippen LogP contribution is 2.46. The third-order valence-corrected chi connectivity index (χ3v) is 5.69. The highest BCUT2D eigenvalue weighted by atomic mass is 127. The van der Waals surface area contributed by atoms with Crippen molar-refractivity contribution in [2.24, 2.45) is 5.41 Å². The van der Waals surface area contributed by atoms with Gasteiger partial charge < -0.3 is 5.11 Å². The van der Waals surface area contributed by atoms with E-state index >= 15 is 0 Å². The summed E-state index contributed by atoms with van der Waals surface area (Å²) in [7, 11) is 0. The molecule has 0 radical (unpaired) electrons. The number of anilines is 2. The normalized spacial score (nSPS) is 15.3. The summed E-state index contributed by atoms with van der Waals surface area (Å²) in [4.78, 5) is 5.88. The Morgan fingerprint density at radius 1 is 1.20 bits per heavy atom. The van der Waals surface area contributed by atoms with Crippen LogP contribution in [0.1, 0.15) is 18.4 Å². The van der Waals surface area contributed by atoms with Gasteiger partial charge in [0, 0.05) is 8.99 Å². The first-order valence-electron chi connectivity index (χ1n) is 7.80. The van der Waals surface area contributed by atoms with Crippen LogP contribution in [0.25, 0.3) is 0 Å². The van der Waals surface area contributed by atoms with Gasteiger partial charge in [-0.1, -0.05) is 0 Å². The van der Waals surface area contributed by atoms with Crippen molar-refractivity contribution >= 4 is 49.9 Å². The monoisotopic (exact) mass is 523 g/mol. The zero-order chi connectivity index (χ0) is 18.2. The minimum atomic E-state index is -0.985. The second-order valence-electron chi connectivity index (χ2n) is 6.35. The van der Waals surface area contributed by atoms with Crippen molar-refractivity contribution in [3.05, 3.63) is 55.6 Å². The number of halogens is 4. The number of benzene rings is 2. The number of nitrogens with zero attached hydrogens (tertiary/aromatic N) is 1. The van der Waals surface area contributed by atoms with Crippen LogP contribution in [-0.4, -0.2) is 18.3 Å². The van der Waals surface area contributed by atoms with E-state index in [1.807, 2.05) is 25.1 Å². The predicted octanol–water partition coefficient (Wildman–Crippen LogP) is 5.48. The second-order valence-corrected chi connectivity index (χ2v) is 8.45. The largest absolute Gasteiger partial charge is 0.396 e. The van der Waals surface area contributed by atoms with Crippen LogP contribution in [0.3, 0.4) is 0 Å². The van der Waals surface area contributed by atoms with Gasteiger partial charge in [0.2, 0.25) is 0 Å². The molecule has 1 aliphatic rings. The topological polar surface area (TPSA) is 32.7 Å². The molecule has 2 aromatic rings. The fourth-order valence-electron chi connectivity index (χ4n) is 2.51. The van der Waals surface area contributed by atoms with E-state index in [9.17, 15) is 13.9 Å². The van der Waals surface area contributed by atoms with Crippen LogP contribution in [0.4, 0.5) is 20.2 Å².